The highest BCUT2D eigenvalue weighted by Crippen LogP contribution is 2.14. The molecule has 0 aromatic heterocycles. The largest absolute Gasteiger partial charge is 0.379 e. The van der Waals surface area contributed by atoms with Gasteiger partial charge in [-0.1, -0.05) is 149 Å². The Bertz CT molecular complexity index is 465. The summed E-state index contributed by atoms with van der Waals surface area (Å²) in [6.45, 7) is 4.48. The van der Waals surface area contributed by atoms with Crippen LogP contribution < -0.4 is 0 Å². The minimum Gasteiger partial charge on any atom is -0.379 e. The summed E-state index contributed by atoms with van der Waals surface area (Å²) in [5.74, 6) is 0. The first kappa shape index (κ1) is 28.7. The molecular formula is C28H49BrO2. The van der Waals surface area contributed by atoms with Crippen LogP contribution in [-0.2, 0) is 16.1 Å². The molecule has 0 aliphatic carbocycles. The Morgan fingerprint density at radius 2 is 1.16 bits per heavy atom. The van der Waals surface area contributed by atoms with E-state index < -0.39 is 0 Å². The van der Waals surface area contributed by atoms with Crippen molar-refractivity contribution in [2.24, 2.45) is 0 Å². The van der Waals surface area contributed by atoms with E-state index >= 15 is 0 Å². The van der Waals surface area contributed by atoms with E-state index in [1.807, 2.05) is 6.07 Å². The molecule has 0 fully saturated rings. The van der Waals surface area contributed by atoms with E-state index in [0.29, 0.717) is 13.2 Å². The molecule has 31 heavy (non-hydrogen) atoms. The molecular weight excluding hydrogens is 448 g/mol. The molecule has 0 bridgehead atoms. The van der Waals surface area contributed by atoms with E-state index in [1.165, 1.54) is 108 Å². The highest BCUT2D eigenvalue weighted by molar-refractivity contribution is 9.09. The summed E-state index contributed by atoms with van der Waals surface area (Å²) in [7, 11) is 0. The molecule has 180 valence electrons. The third-order valence-electron chi connectivity index (χ3n) is 5.95. The Morgan fingerprint density at radius 3 is 1.65 bits per heavy atom. The fraction of sp³-hybridized carbons (Fsp3) is 0.786. The Kier molecular flexibility index (Phi) is 21.1. The molecule has 0 saturated heterocycles. The van der Waals surface area contributed by atoms with Gasteiger partial charge in [-0.05, 0) is 12.0 Å². The normalized spacial score (nSPS) is 12.3. The third-order valence-corrected chi connectivity index (χ3v) is 6.67. The zero-order chi connectivity index (χ0) is 22.2. The van der Waals surface area contributed by atoms with Crippen LogP contribution in [0.15, 0.2) is 30.3 Å². The quantitative estimate of drug-likeness (QED) is 0.111. The molecule has 0 radical (unpaired) electrons. The van der Waals surface area contributed by atoms with Crippen molar-refractivity contribution in [3.63, 3.8) is 0 Å². The van der Waals surface area contributed by atoms with Crippen LogP contribution in [0.1, 0.15) is 115 Å². The molecule has 3 heteroatoms. The number of alkyl halides is 1. The molecule has 0 saturated carbocycles. The van der Waals surface area contributed by atoms with Crippen molar-refractivity contribution < 1.29 is 9.47 Å². The Balaban J connectivity index is 1.78. The van der Waals surface area contributed by atoms with E-state index in [9.17, 15) is 0 Å². The van der Waals surface area contributed by atoms with Crippen molar-refractivity contribution >= 4 is 15.9 Å². The molecule has 0 amide bonds. The fourth-order valence-corrected chi connectivity index (χ4v) is 4.27. The van der Waals surface area contributed by atoms with Gasteiger partial charge < -0.3 is 9.47 Å². The standard InChI is InChI=1S/C28H49BrO2/c1-2-3-4-5-6-7-8-9-10-11-12-13-14-15-16-20-23-30-26-28(24-29)31-25-27-21-18-17-19-22-27/h17-19,21-22,28H,2-16,20,23-26H2,1H3. The van der Waals surface area contributed by atoms with Crippen LogP contribution in [0.4, 0.5) is 0 Å². The van der Waals surface area contributed by atoms with Crippen molar-refractivity contribution in [3.8, 4) is 0 Å². The van der Waals surface area contributed by atoms with Gasteiger partial charge in [0.25, 0.3) is 0 Å². The van der Waals surface area contributed by atoms with E-state index in [1.54, 1.807) is 0 Å². The SMILES string of the molecule is CCCCCCCCCCCCCCCCCCOCC(CBr)OCc1ccccc1. The van der Waals surface area contributed by atoms with Crippen molar-refractivity contribution in [2.75, 3.05) is 18.5 Å². The smallest absolute Gasteiger partial charge is 0.0909 e. The molecule has 0 aliphatic rings. The lowest BCUT2D eigenvalue weighted by Gasteiger charge is -2.15. The van der Waals surface area contributed by atoms with E-state index in [-0.39, 0.29) is 6.10 Å². The van der Waals surface area contributed by atoms with Crippen LogP contribution in [0.2, 0.25) is 0 Å². The van der Waals surface area contributed by atoms with Crippen LogP contribution in [0, 0.1) is 0 Å². The van der Waals surface area contributed by atoms with Crippen LogP contribution in [-0.4, -0.2) is 24.6 Å². The summed E-state index contributed by atoms with van der Waals surface area (Å²) in [5.41, 5.74) is 1.21. The Labute approximate surface area is 202 Å². The number of rotatable bonds is 23. The monoisotopic (exact) mass is 496 g/mol. The van der Waals surface area contributed by atoms with Crippen molar-refractivity contribution in [1.29, 1.82) is 0 Å². The highest BCUT2D eigenvalue weighted by atomic mass is 79.9. The molecule has 0 N–H and O–H groups in total. The van der Waals surface area contributed by atoms with E-state index in [4.69, 9.17) is 9.47 Å². The van der Waals surface area contributed by atoms with Gasteiger partial charge in [0, 0.05) is 11.9 Å². The third kappa shape index (κ3) is 18.9. The summed E-state index contributed by atoms with van der Waals surface area (Å²) in [4.78, 5) is 0. The van der Waals surface area contributed by atoms with Gasteiger partial charge in [0.15, 0.2) is 0 Å². The lowest BCUT2D eigenvalue weighted by Crippen LogP contribution is -2.21. The van der Waals surface area contributed by atoms with Crippen LogP contribution >= 0.6 is 15.9 Å². The van der Waals surface area contributed by atoms with Gasteiger partial charge in [-0.3, -0.25) is 0 Å². The molecule has 1 aromatic rings. The molecule has 1 aromatic carbocycles. The number of ether oxygens (including phenoxy) is 2. The maximum atomic E-state index is 5.94. The number of hydrogen-bond donors (Lipinski definition) is 0. The summed E-state index contributed by atoms with van der Waals surface area (Å²) >= 11 is 3.54. The van der Waals surface area contributed by atoms with Crippen LogP contribution in [0.3, 0.4) is 0 Å². The molecule has 0 aliphatic heterocycles. The number of unbranched alkanes of at least 4 members (excludes halogenated alkanes) is 15. The predicted molar refractivity (Wildman–Crippen MR) is 139 cm³/mol. The minimum absolute atomic E-state index is 0.126. The molecule has 2 nitrogen and oxygen atoms in total. The second kappa shape index (κ2) is 22.8. The summed E-state index contributed by atoms with van der Waals surface area (Å²) < 4.78 is 11.8. The summed E-state index contributed by atoms with van der Waals surface area (Å²) in [5, 5.41) is 0.818. The summed E-state index contributed by atoms with van der Waals surface area (Å²) in [6.07, 6.45) is 22.6. The molecule has 1 rings (SSSR count). The van der Waals surface area contributed by atoms with Gasteiger partial charge >= 0.3 is 0 Å². The van der Waals surface area contributed by atoms with Gasteiger partial charge in [0.2, 0.25) is 0 Å². The Hall–Kier alpha value is -0.380. The maximum absolute atomic E-state index is 5.94. The minimum atomic E-state index is 0.126. The first-order valence-corrected chi connectivity index (χ1v) is 14.3. The van der Waals surface area contributed by atoms with Crippen molar-refractivity contribution in [3.05, 3.63) is 35.9 Å². The van der Waals surface area contributed by atoms with Crippen LogP contribution in [0.25, 0.3) is 0 Å². The molecule has 1 atom stereocenters. The lowest BCUT2D eigenvalue weighted by molar-refractivity contribution is -0.0123. The van der Waals surface area contributed by atoms with Gasteiger partial charge in [0.05, 0.1) is 19.3 Å². The summed E-state index contributed by atoms with van der Waals surface area (Å²) in [6, 6.07) is 10.3. The van der Waals surface area contributed by atoms with Crippen LogP contribution in [0.5, 0.6) is 0 Å². The number of halogens is 1. The van der Waals surface area contributed by atoms with E-state index in [2.05, 4.69) is 47.1 Å². The zero-order valence-corrected chi connectivity index (χ0v) is 21.9. The second-order valence-electron chi connectivity index (χ2n) is 8.95. The molecule has 0 heterocycles. The number of benzene rings is 1. The van der Waals surface area contributed by atoms with Gasteiger partial charge in [-0.15, -0.1) is 0 Å². The number of hydrogen-bond acceptors (Lipinski definition) is 2. The Morgan fingerprint density at radius 1 is 0.677 bits per heavy atom. The average molecular weight is 498 g/mol. The first-order chi connectivity index (χ1) is 15.4. The predicted octanol–water partition coefficient (Wildman–Crippen LogP) is 9.24. The van der Waals surface area contributed by atoms with Gasteiger partial charge in [0.1, 0.15) is 0 Å². The van der Waals surface area contributed by atoms with E-state index in [0.717, 1.165) is 11.9 Å². The molecule has 0 spiro atoms. The van der Waals surface area contributed by atoms with Gasteiger partial charge in [-0.2, -0.15) is 0 Å². The van der Waals surface area contributed by atoms with Gasteiger partial charge in [-0.25, -0.2) is 0 Å². The average Bonchev–Trinajstić information content (AvgIpc) is 2.81. The van der Waals surface area contributed by atoms with Crippen molar-refractivity contribution in [1.82, 2.24) is 0 Å². The second-order valence-corrected chi connectivity index (χ2v) is 9.60. The lowest BCUT2D eigenvalue weighted by atomic mass is 10.0. The van der Waals surface area contributed by atoms with Crippen molar-refractivity contribution in [2.45, 2.75) is 122 Å². The maximum Gasteiger partial charge on any atom is 0.0909 e. The highest BCUT2D eigenvalue weighted by Gasteiger charge is 2.08. The zero-order valence-electron chi connectivity index (χ0n) is 20.3. The first-order valence-electron chi connectivity index (χ1n) is 13.2. The molecule has 1 unspecified atom stereocenters. The fourth-order valence-electron chi connectivity index (χ4n) is 3.89. The topological polar surface area (TPSA) is 18.5 Å².